The molecule has 12 heteroatoms. The third kappa shape index (κ3) is 5.78. The first-order valence-electron chi connectivity index (χ1n) is 12.4. The number of rotatable bonds is 8. The van der Waals surface area contributed by atoms with E-state index in [1.165, 1.54) is 23.2 Å². The predicted molar refractivity (Wildman–Crippen MR) is 146 cm³/mol. The number of ketones is 1. The van der Waals surface area contributed by atoms with Crippen LogP contribution in [0.2, 0.25) is 5.02 Å². The van der Waals surface area contributed by atoms with Crippen LogP contribution in [0.5, 0.6) is 0 Å². The lowest BCUT2D eigenvalue weighted by molar-refractivity contribution is 0.0697. The molecule has 0 amide bonds. The molecule has 0 saturated heterocycles. The lowest BCUT2D eigenvalue weighted by atomic mass is 9.93. The summed E-state index contributed by atoms with van der Waals surface area (Å²) in [6, 6.07) is 7.86. The number of thiophene rings is 1. The van der Waals surface area contributed by atoms with E-state index in [9.17, 15) is 13.2 Å². The van der Waals surface area contributed by atoms with Crippen molar-refractivity contribution in [2.24, 2.45) is 11.1 Å². The topological polar surface area (TPSA) is 125 Å². The van der Waals surface area contributed by atoms with Crippen LogP contribution >= 0.6 is 22.9 Å². The first kappa shape index (κ1) is 27.2. The van der Waals surface area contributed by atoms with E-state index >= 15 is 0 Å². The number of benzene rings is 1. The smallest absolute Gasteiger partial charge is 0.333 e. The summed E-state index contributed by atoms with van der Waals surface area (Å²) in [6.45, 7) is 2.65. The zero-order valence-corrected chi connectivity index (χ0v) is 23.5. The number of ether oxygens (including phenoxy) is 1. The standard InChI is InChI=1S/C26H29ClN4O5S2/c1-15-20(25-21-10-18(27)5-4-17(21)7-8-35-25)11-23(37-15)24(32)22-12-29-14-30-26(22)31(2)19-6-3-16(9-19)13-36-38(28,33)34/h4-5,10-12,14,16,19,25H,3,6-9,13H2,1-2H3,(H2,28,33,34). The summed E-state index contributed by atoms with van der Waals surface area (Å²) in [6.07, 6.45) is 5.84. The van der Waals surface area contributed by atoms with Gasteiger partial charge in [0.15, 0.2) is 0 Å². The average molecular weight is 577 g/mol. The number of hydrogen-bond acceptors (Lipinski definition) is 9. The van der Waals surface area contributed by atoms with Crippen molar-refractivity contribution in [3.8, 4) is 0 Å². The summed E-state index contributed by atoms with van der Waals surface area (Å²) in [7, 11) is -2.07. The Morgan fingerprint density at radius 2 is 2.11 bits per heavy atom. The van der Waals surface area contributed by atoms with E-state index in [2.05, 4.69) is 9.97 Å². The highest BCUT2D eigenvalue weighted by Gasteiger charge is 2.32. The molecule has 5 rings (SSSR count). The number of carbonyl (C=O) groups is 1. The highest BCUT2D eigenvalue weighted by Crippen LogP contribution is 2.40. The van der Waals surface area contributed by atoms with Gasteiger partial charge < -0.3 is 9.64 Å². The summed E-state index contributed by atoms with van der Waals surface area (Å²) in [5, 5.41) is 5.63. The largest absolute Gasteiger partial charge is 0.368 e. The maximum absolute atomic E-state index is 13.8. The van der Waals surface area contributed by atoms with Gasteiger partial charge in [-0.2, -0.15) is 8.42 Å². The Labute approximate surface area is 231 Å². The van der Waals surface area contributed by atoms with E-state index in [0.717, 1.165) is 35.3 Å². The maximum Gasteiger partial charge on any atom is 0.333 e. The summed E-state index contributed by atoms with van der Waals surface area (Å²) in [5.41, 5.74) is 3.62. The normalized spacial score (nSPS) is 21.3. The zero-order chi connectivity index (χ0) is 27.0. The number of aryl methyl sites for hydroxylation is 1. The zero-order valence-electron chi connectivity index (χ0n) is 21.1. The Bertz CT molecular complexity index is 1460. The van der Waals surface area contributed by atoms with Gasteiger partial charge in [0, 0.05) is 29.2 Å². The molecule has 1 aliphatic carbocycles. The highest BCUT2D eigenvalue weighted by atomic mass is 35.5. The fourth-order valence-electron chi connectivity index (χ4n) is 5.35. The number of aromatic nitrogens is 2. The number of hydrogen-bond donors (Lipinski definition) is 1. The van der Waals surface area contributed by atoms with Crippen molar-refractivity contribution >= 4 is 44.8 Å². The highest BCUT2D eigenvalue weighted by molar-refractivity contribution is 7.84. The molecule has 2 N–H and O–H groups in total. The molecule has 38 heavy (non-hydrogen) atoms. The molecule has 3 atom stereocenters. The number of anilines is 1. The molecule has 2 aromatic heterocycles. The van der Waals surface area contributed by atoms with Crippen molar-refractivity contribution in [3.05, 3.63) is 73.8 Å². The van der Waals surface area contributed by atoms with Gasteiger partial charge in [-0.05, 0) is 73.4 Å². The molecule has 1 fully saturated rings. The molecule has 3 unspecified atom stereocenters. The summed E-state index contributed by atoms with van der Waals surface area (Å²) >= 11 is 7.72. The van der Waals surface area contributed by atoms with Crippen molar-refractivity contribution in [1.82, 2.24) is 9.97 Å². The van der Waals surface area contributed by atoms with E-state index in [4.69, 9.17) is 25.7 Å². The Balaban J connectivity index is 1.37. The van der Waals surface area contributed by atoms with Crippen LogP contribution in [0.3, 0.4) is 0 Å². The summed E-state index contributed by atoms with van der Waals surface area (Å²) < 4.78 is 33.3. The first-order chi connectivity index (χ1) is 18.1. The van der Waals surface area contributed by atoms with Gasteiger partial charge in [-0.15, -0.1) is 11.3 Å². The second kappa shape index (κ2) is 11.0. The Hall–Kier alpha value is -2.41. The van der Waals surface area contributed by atoms with Crippen molar-refractivity contribution in [2.75, 3.05) is 25.2 Å². The van der Waals surface area contributed by atoms with E-state index in [0.29, 0.717) is 34.3 Å². The van der Waals surface area contributed by atoms with Gasteiger partial charge in [0.05, 0.1) is 23.7 Å². The van der Waals surface area contributed by atoms with Crippen molar-refractivity contribution in [3.63, 3.8) is 0 Å². The summed E-state index contributed by atoms with van der Waals surface area (Å²) in [4.78, 5) is 25.9. The summed E-state index contributed by atoms with van der Waals surface area (Å²) in [5.74, 6) is 0.443. The van der Waals surface area contributed by atoms with Crippen LogP contribution in [0.4, 0.5) is 5.82 Å². The predicted octanol–water partition coefficient (Wildman–Crippen LogP) is 4.22. The average Bonchev–Trinajstić information content (AvgIpc) is 3.53. The lowest BCUT2D eigenvalue weighted by Crippen LogP contribution is -2.32. The number of nitrogens with zero attached hydrogens (tertiary/aromatic N) is 3. The van der Waals surface area contributed by atoms with E-state index in [1.807, 2.05) is 43.1 Å². The van der Waals surface area contributed by atoms with Crippen LogP contribution in [0, 0.1) is 12.8 Å². The van der Waals surface area contributed by atoms with Gasteiger partial charge in [-0.25, -0.2) is 15.1 Å². The fourth-order valence-corrected chi connectivity index (χ4v) is 6.92. The first-order valence-corrected chi connectivity index (χ1v) is 15.0. The Morgan fingerprint density at radius 3 is 2.89 bits per heavy atom. The Kier molecular flexibility index (Phi) is 7.86. The molecule has 1 aromatic carbocycles. The molecule has 2 aliphatic rings. The second-order valence-electron chi connectivity index (χ2n) is 9.78. The quantitative estimate of drug-likeness (QED) is 0.395. The van der Waals surface area contributed by atoms with Crippen LogP contribution in [-0.4, -0.2) is 50.5 Å². The van der Waals surface area contributed by atoms with Crippen molar-refractivity contribution < 1.29 is 22.1 Å². The lowest BCUT2D eigenvalue weighted by Gasteiger charge is -2.27. The van der Waals surface area contributed by atoms with Crippen LogP contribution in [0.25, 0.3) is 0 Å². The van der Waals surface area contributed by atoms with Gasteiger partial charge in [0.1, 0.15) is 18.2 Å². The van der Waals surface area contributed by atoms with Crippen LogP contribution in [0.15, 0.2) is 36.8 Å². The number of carbonyl (C=O) groups excluding carboxylic acids is 1. The molecule has 3 aromatic rings. The molecule has 0 spiro atoms. The molecule has 0 bridgehead atoms. The molecule has 202 valence electrons. The van der Waals surface area contributed by atoms with Gasteiger partial charge in [0.2, 0.25) is 5.78 Å². The van der Waals surface area contributed by atoms with E-state index in [1.54, 1.807) is 6.20 Å². The van der Waals surface area contributed by atoms with E-state index in [-0.39, 0.29) is 30.5 Å². The number of fused-ring (bicyclic) bond motifs is 1. The van der Waals surface area contributed by atoms with Gasteiger partial charge in [-0.3, -0.25) is 8.98 Å². The molecule has 0 radical (unpaired) electrons. The molecule has 9 nitrogen and oxygen atoms in total. The van der Waals surface area contributed by atoms with Gasteiger partial charge in [0.25, 0.3) is 0 Å². The molecular weight excluding hydrogens is 548 g/mol. The molecular formula is C26H29ClN4O5S2. The van der Waals surface area contributed by atoms with Gasteiger partial charge >= 0.3 is 10.3 Å². The fraction of sp³-hybridized carbons (Fsp3) is 0.423. The minimum absolute atomic E-state index is 0.0492. The second-order valence-corrected chi connectivity index (χ2v) is 12.7. The Morgan fingerprint density at radius 1 is 1.29 bits per heavy atom. The van der Waals surface area contributed by atoms with Gasteiger partial charge in [-0.1, -0.05) is 17.7 Å². The third-order valence-electron chi connectivity index (χ3n) is 7.31. The number of halogens is 1. The van der Waals surface area contributed by atoms with Crippen molar-refractivity contribution in [1.29, 1.82) is 0 Å². The van der Waals surface area contributed by atoms with Crippen LogP contribution < -0.4 is 10.0 Å². The minimum Gasteiger partial charge on any atom is -0.368 e. The minimum atomic E-state index is -3.97. The molecule has 1 aliphatic heterocycles. The van der Waals surface area contributed by atoms with Crippen LogP contribution in [-0.2, 0) is 25.6 Å². The number of nitrogens with two attached hydrogens (primary N) is 1. The maximum atomic E-state index is 13.8. The monoisotopic (exact) mass is 576 g/mol. The van der Waals surface area contributed by atoms with Crippen LogP contribution in [0.1, 0.15) is 62.2 Å². The van der Waals surface area contributed by atoms with Crippen molar-refractivity contribution in [2.45, 2.75) is 44.8 Å². The third-order valence-corrected chi connectivity index (χ3v) is 9.07. The SMILES string of the molecule is Cc1sc(C(=O)c2cncnc2N(C)C2CCC(COS(N)(=O)=O)C2)cc1C1OCCc2ccc(Cl)cc21. The molecule has 3 heterocycles. The molecule has 1 saturated carbocycles. The van der Waals surface area contributed by atoms with E-state index < -0.39 is 10.3 Å².